The normalized spacial score (nSPS) is 11.1. The third-order valence-electron chi connectivity index (χ3n) is 3.47. The molecule has 0 amide bonds. The molecule has 4 rings (SSSR count). The number of fused-ring (bicyclic) bond motifs is 1. The first kappa shape index (κ1) is 16.0. The maximum atomic E-state index is 5.95. The van der Waals surface area contributed by atoms with Crippen LogP contribution in [0.25, 0.3) is 22.5 Å². The lowest BCUT2D eigenvalue weighted by Crippen LogP contribution is -1.89. The first-order valence-electron chi connectivity index (χ1n) is 7.38. The van der Waals surface area contributed by atoms with Gasteiger partial charge in [0.15, 0.2) is 5.58 Å². The third-order valence-corrected chi connectivity index (χ3v) is 4.51. The van der Waals surface area contributed by atoms with Gasteiger partial charge in [0, 0.05) is 11.1 Å². The predicted molar refractivity (Wildman–Crippen MR) is 94.9 cm³/mol. The van der Waals surface area contributed by atoms with Crippen LogP contribution in [0.1, 0.15) is 5.89 Å². The van der Waals surface area contributed by atoms with Crippen LogP contribution >= 0.6 is 23.4 Å². The van der Waals surface area contributed by atoms with Gasteiger partial charge in [-0.3, -0.25) is 0 Å². The summed E-state index contributed by atoms with van der Waals surface area (Å²) in [6.07, 6.45) is 0. The summed E-state index contributed by atoms with van der Waals surface area (Å²) in [6.45, 7) is 0. The molecule has 0 atom stereocenters. The van der Waals surface area contributed by atoms with E-state index in [1.807, 2.05) is 30.3 Å². The minimum absolute atomic E-state index is 0.447. The summed E-state index contributed by atoms with van der Waals surface area (Å²) >= 11 is 7.32. The van der Waals surface area contributed by atoms with Crippen molar-refractivity contribution < 1.29 is 13.7 Å². The van der Waals surface area contributed by atoms with E-state index < -0.39 is 0 Å². The van der Waals surface area contributed by atoms with Gasteiger partial charge in [0.25, 0.3) is 5.22 Å². The molecule has 0 fully saturated rings. The van der Waals surface area contributed by atoms with Crippen molar-refractivity contribution in [2.24, 2.45) is 0 Å². The molecule has 2 heterocycles. The van der Waals surface area contributed by atoms with Crippen molar-refractivity contribution in [1.82, 2.24) is 15.1 Å². The van der Waals surface area contributed by atoms with Crippen molar-refractivity contribution in [1.29, 1.82) is 0 Å². The van der Waals surface area contributed by atoms with Crippen molar-refractivity contribution in [3.63, 3.8) is 0 Å². The number of aromatic nitrogens is 3. The van der Waals surface area contributed by atoms with Crippen molar-refractivity contribution in [3.05, 3.63) is 53.4 Å². The summed E-state index contributed by atoms with van der Waals surface area (Å²) in [4.78, 5) is 8.79. The first-order valence-corrected chi connectivity index (χ1v) is 8.74. The van der Waals surface area contributed by atoms with Gasteiger partial charge in [0.05, 0.1) is 18.4 Å². The lowest BCUT2D eigenvalue weighted by atomic mass is 10.2. The Kier molecular flexibility index (Phi) is 4.33. The fourth-order valence-corrected chi connectivity index (χ4v) is 3.15. The van der Waals surface area contributed by atoms with E-state index in [4.69, 9.17) is 25.3 Å². The molecule has 0 N–H and O–H groups in total. The van der Waals surface area contributed by atoms with Crippen LogP contribution in [0.5, 0.6) is 5.75 Å². The van der Waals surface area contributed by atoms with Crippen LogP contribution in [0.4, 0.5) is 0 Å². The molecule has 2 aromatic heterocycles. The monoisotopic (exact) mass is 373 g/mol. The second-order valence-corrected chi connectivity index (χ2v) is 6.46. The highest BCUT2D eigenvalue weighted by atomic mass is 35.5. The van der Waals surface area contributed by atoms with E-state index in [0.717, 1.165) is 11.1 Å². The molecule has 2 aromatic carbocycles. The zero-order valence-corrected chi connectivity index (χ0v) is 14.7. The number of rotatable bonds is 5. The minimum atomic E-state index is 0.447. The van der Waals surface area contributed by atoms with Gasteiger partial charge < -0.3 is 13.7 Å². The topological polar surface area (TPSA) is 74.2 Å². The van der Waals surface area contributed by atoms with E-state index >= 15 is 0 Å². The van der Waals surface area contributed by atoms with Gasteiger partial charge in [-0.05, 0) is 24.3 Å². The molecule has 25 heavy (non-hydrogen) atoms. The molecule has 0 unspecified atom stereocenters. The number of hydrogen-bond acceptors (Lipinski definition) is 7. The lowest BCUT2D eigenvalue weighted by Gasteiger charge is -2.02. The first-order chi connectivity index (χ1) is 12.2. The van der Waals surface area contributed by atoms with Gasteiger partial charge in [0.1, 0.15) is 11.3 Å². The molecule has 6 nitrogen and oxygen atoms in total. The molecule has 0 saturated carbocycles. The summed E-state index contributed by atoms with van der Waals surface area (Å²) in [6, 6.07) is 12.8. The molecule has 4 aromatic rings. The largest absolute Gasteiger partial charge is 0.496 e. The van der Waals surface area contributed by atoms with Gasteiger partial charge in [-0.2, -0.15) is 4.98 Å². The minimum Gasteiger partial charge on any atom is -0.496 e. The molecule has 0 radical (unpaired) electrons. The third kappa shape index (κ3) is 3.33. The SMILES string of the molecule is COc1ccccc1-c1noc(CSc2nc3ccc(Cl)cc3o2)n1. The summed E-state index contributed by atoms with van der Waals surface area (Å²) in [5, 5.41) is 5.15. The molecule has 0 bridgehead atoms. The fraction of sp³-hybridized carbons (Fsp3) is 0.118. The van der Waals surface area contributed by atoms with E-state index in [1.165, 1.54) is 11.8 Å². The van der Waals surface area contributed by atoms with Gasteiger partial charge in [-0.15, -0.1) is 0 Å². The number of para-hydroxylation sites is 1. The Bertz CT molecular complexity index is 1030. The van der Waals surface area contributed by atoms with Gasteiger partial charge >= 0.3 is 0 Å². The zero-order valence-electron chi connectivity index (χ0n) is 13.1. The number of ether oxygens (including phenoxy) is 1. The Morgan fingerprint density at radius 3 is 2.92 bits per heavy atom. The lowest BCUT2D eigenvalue weighted by molar-refractivity contribution is 0.389. The van der Waals surface area contributed by atoms with Crippen LogP contribution in [0, 0.1) is 0 Å². The molecule has 0 aliphatic rings. The molecule has 0 spiro atoms. The fourth-order valence-electron chi connectivity index (χ4n) is 2.31. The number of nitrogens with zero attached hydrogens (tertiary/aromatic N) is 3. The Balaban J connectivity index is 1.51. The number of thioether (sulfide) groups is 1. The molecule has 0 aliphatic heterocycles. The van der Waals surface area contributed by atoms with Crippen LogP contribution in [0.2, 0.25) is 5.02 Å². The van der Waals surface area contributed by atoms with Gasteiger partial charge in [0.2, 0.25) is 11.7 Å². The van der Waals surface area contributed by atoms with E-state index in [9.17, 15) is 0 Å². The van der Waals surface area contributed by atoms with Gasteiger partial charge in [-0.1, -0.05) is 40.7 Å². The maximum Gasteiger partial charge on any atom is 0.257 e. The summed E-state index contributed by atoms with van der Waals surface area (Å²) < 4.78 is 16.3. The van der Waals surface area contributed by atoms with E-state index in [-0.39, 0.29) is 0 Å². The van der Waals surface area contributed by atoms with Crippen molar-refractivity contribution in [2.45, 2.75) is 11.0 Å². The Hall–Kier alpha value is -2.51. The average molecular weight is 374 g/mol. The Morgan fingerprint density at radius 2 is 2.04 bits per heavy atom. The number of methoxy groups -OCH3 is 1. The van der Waals surface area contributed by atoms with Crippen LogP contribution in [0.3, 0.4) is 0 Å². The number of benzene rings is 2. The molecular weight excluding hydrogens is 362 g/mol. The highest BCUT2D eigenvalue weighted by Gasteiger charge is 2.14. The standard InChI is InChI=1S/C17H12ClN3O3S/c1-22-13-5-3-2-4-11(13)16-20-15(24-21-16)9-25-17-19-12-7-6-10(18)8-14(12)23-17/h2-8H,9H2,1H3. The van der Waals surface area contributed by atoms with Crippen molar-refractivity contribution in [2.75, 3.05) is 7.11 Å². The zero-order chi connectivity index (χ0) is 17.2. The second kappa shape index (κ2) is 6.78. The smallest absolute Gasteiger partial charge is 0.257 e. The van der Waals surface area contributed by atoms with Crippen LogP contribution in [-0.2, 0) is 5.75 Å². The summed E-state index contributed by atoms with van der Waals surface area (Å²) in [7, 11) is 1.61. The quantitative estimate of drug-likeness (QED) is 0.463. The van der Waals surface area contributed by atoms with Gasteiger partial charge in [-0.25, -0.2) is 4.98 Å². The van der Waals surface area contributed by atoms with Crippen LogP contribution < -0.4 is 4.74 Å². The molecular formula is C17H12ClN3O3S. The highest BCUT2D eigenvalue weighted by Crippen LogP contribution is 2.30. The second-order valence-electron chi connectivity index (χ2n) is 5.09. The number of oxazole rings is 1. The number of halogens is 1. The summed E-state index contributed by atoms with van der Waals surface area (Å²) in [5.41, 5.74) is 2.18. The molecule has 126 valence electrons. The Morgan fingerprint density at radius 1 is 1.16 bits per heavy atom. The maximum absolute atomic E-state index is 5.95. The number of hydrogen-bond donors (Lipinski definition) is 0. The van der Waals surface area contributed by atoms with Crippen LogP contribution in [0.15, 0.2) is 56.6 Å². The van der Waals surface area contributed by atoms with Crippen molar-refractivity contribution in [3.8, 4) is 17.1 Å². The van der Waals surface area contributed by atoms with Crippen LogP contribution in [-0.4, -0.2) is 22.2 Å². The summed E-state index contributed by atoms with van der Waals surface area (Å²) in [5.74, 6) is 2.10. The van der Waals surface area contributed by atoms with E-state index in [2.05, 4.69) is 15.1 Å². The average Bonchev–Trinajstić information content (AvgIpc) is 3.26. The highest BCUT2D eigenvalue weighted by molar-refractivity contribution is 7.98. The molecule has 8 heteroatoms. The predicted octanol–water partition coefficient (Wildman–Crippen LogP) is 4.83. The van der Waals surface area contributed by atoms with Crippen molar-refractivity contribution >= 4 is 34.5 Å². The van der Waals surface area contributed by atoms with E-state index in [1.54, 1.807) is 19.2 Å². The van der Waals surface area contributed by atoms with E-state index in [0.29, 0.717) is 39.0 Å². The molecule has 0 saturated heterocycles. The molecule has 0 aliphatic carbocycles. The Labute approximate surface area is 152 Å².